The van der Waals surface area contributed by atoms with Crippen molar-refractivity contribution in [2.75, 3.05) is 0 Å². The molecule has 2 aromatic rings. The van der Waals surface area contributed by atoms with E-state index in [1.165, 1.54) is 11.1 Å². The molecule has 3 nitrogen and oxygen atoms in total. The molecule has 0 aliphatic heterocycles. The Morgan fingerprint density at radius 1 is 1.22 bits per heavy atom. The van der Waals surface area contributed by atoms with Crippen molar-refractivity contribution in [3.8, 4) is 0 Å². The maximum atomic E-state index is 4.27. The van der Waals surface area contributed by atoms with Crippen LogP contribution in [0.15, 0.2) is 29.4 Å². The Labute approximate surface area is 113 Å². The van der Waals surface area contributed by atoms with E-state index in [1.807, 2.05) is 0 Å². The fourth-order valence-corrected chi connectivity index (χ4v) is 2.92. The lowest BCUT2D eigenvalue weighted by molar-refractivity contribution is 0.647. The van der Waals surface area contributed by atoms with Gasteiger partial charge in [0.1, 0.15) is 5.82 Å². The highest BCUT2D eigenvalue weighted by Gasteiger charge is 2.09. The summed E-state index contributed by atoms with van der Waals surface area (Å²) in [6, 6.07) is 8.61. The predicted molar refractivity (Wildman–Crippen MR) is 75.8 cm³/mol. The summed E-state index contributed by atoms with van der Waals surface area (Å²) >= 11 is 1.76. The van der Waals surface area contributed by atoms with Gasteiger partial charge >= 0.3 is 0 Å². The molecule has 1 aromatic carbocycles. The number of hydrogen-bond donors (Lipinski definition) is 0. The van der Waals surface area contributed by atoms with E-state index in [4.69, 9.17) is 0 Å². The highest BCUT2D eigenvalue weighted by molar-refractivity contribution is 7.98. The van der Waals surface area contributed by atoms with Crippen LogP contribution in [0.4, 0.5) is 0 Å². The zero-order chi connectivity index (χ0) is 13.0. The van der Waals surface area contributed by atoms with E-state index in [1.54, 1.807) is 11.8 Å². The molecule has 96 valence electrons. The highest BCUT2D eigenvalue weighted by Crippen LogP contribution is 2.22. The minimum atomic E-state index is 0.936. The molecular weight excluding hydrogens is 242 g/mol. The molecule has 0 spiro atoms. The molecule has 4 heteroatoms. The lowest BCUT2D eigenvalue weighted by Crippen LogP contribution is -2.01. The summed E-state index contributed by atoms with van der Waals surface area (Å²) in [5.41, 5.74) is 2.64. The van der Waals surface area contributed by atoms with Gasteiger partial charge in [0.2, 0.25) is 0 Å². The first-order valence-corrected chi connectivity index (χ1v) is 7.33. The average Bonchev–Trinajstić information content (AvgIpc) is 2.78. The van der Waals surface area contributed by atoms with E-state index in [0.717, 1.165) is 29.7 Å². The molecular formula is C14H19N3S. The van der Waals surface area contributed by atoms with Gasteiger partial charge in [0.05, 0.1) is 0 Å². The van der Waals surface area contributed by atoms with E-state index >= 15 is 0 Å². The number of nitrogens with zero attached hydrogens (tertiary/aromatic N) is 3. The van der Waals surface area contributed by atoms with Crippen LogP contribution in [0.3, 0.4) is 0 Å². The van der Waals surface area contributed by atoms with E-state index in [9.17, 15) is 0 Å². The first-order valence-electron chi connectivity index (χ1n) is 6.35. The molecule has 0 atom stereocenters. The van der Waals surface area contributed by atoms with Gasteiger partial charge in [-0.05, 0) is 19.4 Å². The normalized spacial score (nSPS) is 10.8. The van der Waals surface area contributed by atoms with Gasteiger partial charge in [0.15, 0.2) is 5.16 Å². The van der Waals surface area contributed by atoms with Gasteiger partial charge in [-0.3, -0.25) is 0 Å². The molecule has 1 aromatic heterocycles. The summed E-state index contributed by atoms with van der Waals surface area (Å²) in [5, 5.41) is 9.52. The van der Waals surface area contributed by atoms with Gasteiger partial charge in [-0.2, -0.15) is 0 Å². The number of rotatable bonds is 5. The zero-order valence-corrected chi connectivity index (χ0v) is 12.0. The molecule has 0 amide bonds. The van der Waals surface area contributed by atoms with Gasteiger partial charge < -0.3 is 4.57 Å². The van der Waals surface area contributed by atoms with Crippen molar-refractivity contribution in [3.63, 3.8) is 0 Å². The molecule has 0 saturated carbocycles. The SMILES string of the molecule is CCc1nnc(SCc2cccc(C)c2)n1CC. The standard InChI is InChI=1S/C14H19N3S/c1-4-13-15-16-14(17(13)5-2)18-10-12-8-6-7-11(3)9-12/h6-9H,4-5,10H2,1-3H3. The fourth-order valence-electron chi connectivity index (χ4n) is 1.95. The maximum absolute atomic E-state index is 4.27. The van der Waals surface area contributed by atoms with Crippen LogP contribution < -0.4 is 0 Å². The second-order valence-electron chi connectivity index (χ2n) is 4.27. The van der Waals surface area contributed by atoms with Crippen molar-refractivity contribution in [1.29, 1.82) is 0 Å². The summed E-state index contributed by atoms with van der Waals surface area (Å²) in [7, 11) is 0. The number of aryl methyl sites for hydroxylation is 2. The third-order valence-corrected chi connectivity index (χ3v) is 3.91. The third-order valence-electron chi connectivity index (χ3n) is 2.88. The fraction of sp³-hybridized carbons (Fsp3) is 0.429. The number of aromatic nitrogens is 3. The quantitative estimate of drug-likeness (QED) is 0.772. The summed E-state index contributed by atoms with van der Waals surface area (Å²) < 4.78 is 2.19. The molecule has 0 radical (unpaired) electrons. The Bertz CT molecular complexity index is 520. The maximum Gasteiger partial charge on any atom is 0.191 e. The topological polar surface area (TPSA) is 30.7 Å². The Kier molecular flexibility index (Phi) is 4.42. The molecule has 0 aliphatic rings. The van der Waals surface area contributed by atoms with Crippen LogP contribution in [0, 0.1) is 6.92 Å². The van der Waals surface area contributed by atoms with Crippen molar-refractivity contribution in [1.82, 2.24) is 14.8 Å². The smallest absolute Gasteiger partial charge is 0.191 e. The Morgan fingerprint density at radius 3 is 2.72 bits per heavy atom. The minimum Gasteiger partial charge on any atom is -0.306 e. The molecule has 2 rings (SSSR count). The monoisotopic (exact) mass is 261 g/mol. The molecule has 0 unspecified atom stereocenters. The lowest BCUT2D eigenvalue weighted by atomic mass is 10.2. The molecule has 0 aliphatic carbocycles. The second-order valence-corrected chi connectivity index (χ2v) is 5.22. The first-order chi connectivity index (χ1) is 8.74. The Hall–Kier alpha value is -1.29. The third kappa shape index (κ3) is 2.93. The molecule has 0 N–H and O–H groups in total. The second kappa shape index (κ2) is 6.05. The summed E-state index contributed by atoms with van der Waals surface area (Å²) in [6.45, 7) is 7.31. The highest BCUT2D eigenvalue weighted by atomic mass is 32.2. The summed E-state index contributed by atoms with van der Waals surface area (Å²) in [4.78, 5) is 0. The summed E-state index contributed by atoms with van der Waals surface area (Å²) in [5.74, 6) is 2.02. The molecule has 0 fully saturated rings. The Morgan fingerprint density at radius 2 is 2.06 bits per heavy atom. The number of benzene rings is 1. The zero-order valence-electron chi connectivity index (χ0n) is 11.2. The number of hydrogen-bond acceptors (Lipinski definition) is 3. The lowest BCUT2D eigenvalue weighted by Gasteiger charge is -2.06. The van der Waals surface area contributed by atoms with Crippen LogP contribution in [-0.2, 0) is 18.7 Å². The predicted octanol–water partition coefficient (Wildman–Crippen LogP) is 3.46. The molecule has 0 saturated heterocycles. The average molecular weight is 261 g/mol. The van der Waals surface area contributed by atoms with Crippen molar-refractivity contribution in [2.45, 2.75) is 44.6 Å². The molecule has 0 bridgehead atoms. The van der Waals surface area contributed by atoms with Crippen LogP contribution in [0.5, 0.6) is 0 Å². The molecule has 1 heterocycles. The van der Waals surface area contributed by atoms with Crippen molar-refractivity contribution >= 4 is 11.8 Å². The van der Waals surface area contributed by atoms with Crippen molar-refractivity contribution in [2.24, 2.45) is 0 Å². The minimum absolute atomic E-state index is 0.936. The number of thioether (sulfide) groups is 1. The van der Waals surface area contributed by atoms with Crippen LogP contribution >= 0.6 is 11.8 Å². The van der Waals surface area contributed by atoms with Gasteiger partial charge in [0, 0.05) is 18.7 Å². The van der Waals surface area contributed by atoms with E-state index in [2.05, 4.69) is 59.8 Å². The van der Waals surface area contributed by atoms with Gasteiger partial charge in [-0.15, -0.1) is 10.2 Å². The first kappa shape index (κ1) is 13.1. The van der Waals surface area contributed by atoms with Crippen molar-refractivity contribution < 1.29 is 0 Å². The van der Waals surface area contributed by atoms with Crippen LogP contribution in [0.1, 0.15) is 30.8 Å². The Balaban J connectivity index is 2.08. The largest absolute Gasteiger partial charge is 0.306 e. The summed E-state index contributed by atoms with van der Waals surface area (Å²) in [6.07, 6.45) is 0.936. The van der Waals surface area contributed by atoms with E-state index in [0.29, 0.717) is 0 Å². The molecule has 18 heavy (non-hydrogen) atoms. The van der Waals surface area contributed by atoms with Gasteiger partial charge in [-0.1, -0.05) is 48.5 Å². The van der Waals surface area contributed by atoms with Gasteiger partial charge in [0.25, 0.3) is 0 Å². The van der Waals surface area contributed by atoms with Crippen molar-refractivity contribution in [3.05, 3.63) is 41.2 Å². The van der Waals surface area contributed by atoms with E-state index in [-0.39, 0.29) is 0 Å². The van der Waals surface area contributed by atoms with Crippen LogP contribution in [0.2, 0.25) is 0 Å². The van der Waals surface area contributed by atoms with Gasteiger partial charge in [-0.25, -0.2) is 0 Å². The van der Waals surface area contributed by atoms with Crippen LogP contribution in [0.25, 0.3) is 0 Å². The van der Waals surface area contributed by atoms with E-state index < -0.39 is 0 Å². The van der Waals surface area contributed by atoms with Crippen LogP contribution in [-0.4, -0.2) is 14.8 Å².